The van der Waals surface area contributed by atoms with Crippen LogP contribution < -0.4 is 5.32 Å². The summed E-state index contributed by atoms with van der Waals surface area (Å²) in [5.41, 5.74) is 3.44. The Kier molecular flexibility index (Phi) is 9.01. The number of nitrogens with one attached hydrogen (secondary N) is 1. The Labute approximate surface area is 227 Å². The summed E-state index contributed by atoms with van der Waals surface area (Å²) < 4.78 is 38.7. The molecule has 3 heterocycles. The van der Waals surface area contributed by atoms with E-state index in [2.05, 4.69) is 34.0 Å². The Hall–Kier alpha value is -3.72. The molecule has 0 radical (unpaired) electrons. The van der Waals surface area contributed by atoms with Crippen LogP contribution in [0.2, 0.25) is 0 Å². The third kappa shape index (κ3) is 7.66. The molecule has 1 aromatic carbocycles. The van der Waals surface area contributed by atoms with E-state index in [9.17, 15) is 18.0 Å². The molecule has 9 heteroatoms. The lowest BCUT2D eigenvalue weighted by atomic mass is 10.0. The fraction of sp³-hybridized carbons (Fsp3) is 0.367. The average molecular weight is 538 g/mol. The lowest BCUT2D eigenvalue weighted by Gasteiger charge is -2.39. The van der Waals surface area contributed by atoms with Crippen LogP contribution in [-0.2, 0) is 17.5 Å². The zero-order valence-corrected chi connectivity index (χ0v) is 22.4. The second-order valence-corrected chi connectivity index (χ2v) is 10.2. The molecule has 1 aliphatic rings. The summed E-state index contributed by atoms with van der Waals surface area (Å²) in [5.74, 6) is -0.179. The molecule has 0 bridgehead atoms. The molecule has 0 aliphatic carbocycles. The average Bonchev–Trinajstić information content (AvgIpc) is 2.92. The number of amides is 1. The summed E-state index contributed by atoms with van der Waals surface area (Å²) in [4.78, 5) is 26.3. The van der Waals surface area contributed by atoms with E-state index in [0.717, 1.165) is 60.6 Å². The maximum Gasteiger partial charge on any atom is 0.416 e. The predicted molar refractivity (Wildman–Crippen MR) is 147 cm³/mol. The van der Waals surface area contributed by atoms with Gasteiger partial charge in [-0.1, -0.05) is 12.1 Å². The first-order valence-electron chi connectivity index (χ1n) is 13.1. The fourth-order valence-corrected chi connectivity index (χ4v) is 4.76. The number of piperidine rings is 1. The van der Waals surface area contributed by atoms with Crippen molar-refractivity contribution in [2.75, 3.05) is 18.4 Å². The van der Waals surface area contributed by atoms with Gasteiger partial charge in [0.05, 0.1) is 17.4 Å². The molecule has 0 spiro atoms. The molecule has 1 aliphatic heterocycles. The molecular weight excluding hydrogens is 503 g/mol. The van der Waals surface area contributed by atoms with Crippen LogP contribution in [0.5, 0.6) is 0 Å². The molecule has 3 aromatic rings. The van der Waals surface area contributed by atoms with E-state index in [0.29, 0.717) is 18.2 Å². The first-order chi connectivity index (χ1) is 18.6. The van der Waals surface area contributed by atoms with Gasteiger partial charge in [0.1, 0.15) is 0 Å². The van der Waals surface area contributed by atoms with E-state index in [1.807, 2.05) is 24.0 Å². The lowest BCUT2D eigenvalue weighted by Crippen LogP contribution is -2.48. The van der Waals surface area contributed by atoms with E-state index in [1.165, 1.54) is 18.2 Å². The summed E-state index contributed by atoms with van der Waals surface area (Å²) in [5, 5.41) is 3.37. The van der Waals surface area contributed by atoms with Crippen molar-refractivity contribution >= 4 is 23.4 Å². The number of aromatic nitrogens is 2. The second kappa shape index (κ2) is 12.4. The van der Waals surface area contributed by atoms with Gasteiger partial charge in [0.25, 0.3) is 0 Å². The van der Waals surface area contributed by atoms with Gasteiger partial charge in [0.2, 0.25) is 5.91 Å². The van der Waals surface area contributed by atoms with Crippen molar-refractivity contribution in [3.05, 3.63) is 89.5 Å². The van der Waals surface area contributed by atoms with Crippen molar-refractivity contribution in [3.63, 3.8) is 0 Å². The summed E-state index contributed by atoms with van der Waals surface area (Å²) in [6.07, 6.45) is 7.32. The van der Waals surface area contributed by atoms with E-state index >= 15 is 0 Å². The molecule has 206 valence electrons. The fourth-order valence-electron chi connectivity index (χ4n) is 4.76. The normalized spacial score (nSPS) is 15.2. The number of alkyl halides is 3. The number of rotatable bonds is 8. The minimum absolute atomic E-state index is 0.0452. The van der Waals surface area contributed by atoms with E-state index in [1.54, 1.807) is 30.9 Å². The van der Waals surface area contributed by atoms with Gasteiger partial charge in [-0.3, -0.25) is 14.8 Å². The minimum Gasteiger partial charge on any atom is -0.354 e. The molecule has 4 rings (SSSR count). The van der Waals surface area contributed by atoms with Crippen LogP contribution >= 0.6 is 0 Å². The number of likely N-dealkylation sites (tertiary alicyclic amines) is 1. The number of carbonyl (C=O) groups excluding carboxylic acids is 1. The Morgan fingerprint density at radius 2 is 1.82 bits per heavy atom. The van der Waals surface area contributed by atoms with Gasteiger partial charge in [-0.25, -0.2) is 0 Å². The smallest absolute Gasteiger partial charge is 0.354 e. The molecule has 0 atom stereocenters. The van der Waals surface area contributed by atoms with Gasteiger partial charge in [-0.15, -0.1) is 0 Å². The van der Waals surface area contributed by atoms with Crippen LogP contribution in [0.4, 0.5) is 24.5 Å². The maximum absolute atomic E-state index is 13.5. The first kappa shape index (κ1) is 28.3. The third-order valence-corrected chi connectivity index (χ3v) is 7.06. The van der Waals surface area contributed by atoms with Gasteiger partial charge in [-0.2, -0.15) is 13.2 Å². The van der Waals surface area contributed by atoms with Crippen LogP contribution in [0, 0.1) is 6.92 Å². The van der Waals surface area contributed by atoms with Crippen LogP contribution in [0.15, 0.2) is 67.3 Å². The van der Waals surface area contributed by atoms with Crippen molar-refractivity contribution in [2.45, 2.75) is 58.4 Å². The highest BCUT2D eigenvalue weighted by atomic mass is 19.4. The Bertz CT molecular complexity index is 1280. The molecule has 0 saturated carbocycles. The van der Waals surface area contributed by atoms with Crippen LogP contribution in [-0.4, -0.2) is 50.8 Å². The molecule has 1 saturated heterocycles. The molecule has 1 N–H and O–H groups in total. The van der Waals surface area contributed by atoms with Crippen LogP contribution in [0.3, 0.4) is 0 Å². The number of pyridine rings is 2. The zero-order valence-electron chi connectivity index (χ0n) is 22.4. The van der Waals surface area contributed by atoms with Crippen LogP contribution in [0.1, 0.15) is 48.9 Å². The highest BCUT2D eigenvalue weighted by Crippen LogP contribution is 2.29. The monoisotopic (exact) mass is 537 g/mol. The van der Waals surface area contributed by atoms with Gasteiger partial charge in [0.15, 0.2) is 0 Å². The third-order valence-electron chi connectivity index (χ3n) is 7.06. The highest BCUT2D eigenvalue weighted by Gasteiger charge is 2.30. The summed E-state index contributed by atoms with van der Waals surface area (Å²) >= 11 is 0. The number of anilines is 2. The standard InChI is InChI=1S/C30H34F3N5O/c1-21(2)37-14-11-27(12-15-37)38(29(39)9-6-23-4-7-25(8-5-23)30(31,32)33)20-24-16-26(19-35-18-24)36-28-10-13-34-17-22(28)3/h4-10,13,16-19,21,27H,11-12,14-15,20H2,1-3H3,(H,34,36). The molecule has 1 fully saturated rings. The molecule has 39 heavy (non-hydrogen) atoms. The van der Waals surface area contributed by atoms with E-state index in [-0.39, 0.29) is 11.9 Å². The van der Waals surface area contributed by atoms with E-state index in [4.69, 9.17) is 0 Å². The highest BCUT2D eigenvalue weighted by molar-refractivity contribution is 5.92. The number of carbonyl (C=O) groups is 1. The van der Waals surface area contributed by atoms with Crippen molar-refractivity contribution < 1.29 is 18.0 Å². The van der Waals surface area contributed by atoms with Gasteiger partial charge >= 0.3 is 6.18 Å². The molecular formula is C30H34F3N5O. The van der Waals surface area contributed by atoms with Crippen LogP contribution in [0.25, 0.3) is 6.08 Å². The first-order valence-corrected chi connectivity index (χ1v) is 13.1. The summed E-state index contributed by atoms with van der Waals surface area (Å²) in [7, 11) is 0. The van der Waals surface area contributed by atoms with Gasteiger partial charge < -0.3 is 15.1 Å². The predicted octanol–water partition coefficient (Wildman–Crippen LogP) is 6.46. The molecule has 1 amide bonds. The number of halogens is 3. The Balaban J connectivity index is 1.53. The number of benzene rings is 1. The number of hydrogen-bond donors (Lipinski definition) is 1. The van der Waals surface area contributed by atoms with Crippen molar-refractivity contribution in [1.29, 1.82) is 0 Å². The van der Waals surface area contributed by atoms with Crippen molar-refractivity contribution in [1.82, 2.24) is 19.8 Å². The second-order valence-electron chi connectivity index (χ2n) is 10.2. The van der Waals surface area contributed by atoms with Crippen molar-refractivity contribution in [2.24, 2.45) is 0 Å². The quantitative estimate of drug-likeness (QED) is 0.334. The lowest BCUT2D eigenvalue weighted by molar-refractivity contribution is -0.137. The number of hydrogen-bond acceptors (Lipinski definition) is 5. The van der Waals surface area contributed by atoms with E-state index < -0.39 is 11.7 Å². The summed E-state index contributed by atoms with van der Waals surface area (Å²) in [6, 6.07) is 9.16. The maximum atomic E-state index is 13.5. The zero-order chi connectivity index (χ0) is 28.0. The minimum atomic E-state index is -4.40. The largest absolute Gasteiger partial charge is 0.416 e. The molecule has 6 nitrogen and oxygen atoms in total. The SMILES string of the molecule is Cc1cnccc1Nc1cncc(CN(C(=O)C=Cc2ccc(C(F)(F)F)cc2)C2CCN(C(C)C)CC2)c1. The Morgan fingerprint density at radius 3 is 2.46 bits per heavy atom. The van der Waals surface area contributed by atoms with Gasteiger partial charge in [-0.05, 0) is 80.6 Å². The number of aryl methyl sites for hydroxylation is 1. The topological polar surface area (TPSA) is 61.4 Å². The molecule has 0 unspecified atom stereocenters. The van der Waals surface area contributed by atoms with Crippen molar-refractivity contribution in [3.8, 4) is 0 Å². The number of nitrogens with zero attached hydrogens (tertiary/aromatic N) is 4. The Morgan fingerprint density at radius 1 is 1.10 bits per heavy atom. The van der Waals surface area contributed by atoms with Gasteiger partial charge in [0, 0.05) is 62.1 Å². The summed E-state index contributed by atoms with van der Waals surface area (Å²) in [6.45, 7) is 8.49. The molecule has 2 aromatic heterocycles.